The van der Waals surface area contributed by atoms with Gasteiger partial charge in [0, 0.05) is 24.1 Å². The van der Waals surface area contributed by atoms with Gasteiger partial charge in [-0.05, 0) is 60.9 Å². The number of nitrogens with one attached hydrogen (secondary N) is 1. The molecule has 1 aliphatic carbocycles. The number of rotatable bonds is 6. The second-order valence-corrected chi connectivity index (χ2v) is 8.45. The number of carbonyl (C=O) groups is 1. The Morgan fingerprint density at radius 2 is 1.97 bits per heavy atom. The number of carbonyl (C=O) groups excluding carboxylic acids is 1. The van der Waals surface area contributed by atoms with Crippen LogP contribution in [-0.2, 0) is 4.79 Å². The second kappa shape index (κ2) is 9.94. The van der Waals surface area contributed by atoms with Crippen molar-refractivity contribution in [1.82, 2.24) is 4.98 Å². The first-order valence-electron chi connectivity index (χ1n) is 11.0. The van der Waals surface area contributed by atoms with Crippen molar-refractivity contribution < 1.29 is 23.0 Å². The lowest BCUT2D eigenvalue weighted by atomic mass is 9.73. The minimum atomic E-state index is -0.810. The van der Waals surface area contributed by atoms with Gasteiger partial charge < -0.3 is 15.3 Å². The third kappa shape index (κ3) is 5.63. The fraction of sp³-hybridized carbons (Fsp3) is 0.320. The first kappa shape index (κ1) is 22.6. The molecule has 1 fully saturated rings. The molecule has 0 unspecified atom stereocenters. The number of amides is 1. The summed E-state index contributed by atoms with van der Waals surface area (Å²) in [7, 11) is 0. The van der Waals surface area contributed by atoms with E-state index in [0.717, 1.165) is 48.1 Å². The highest BCUT2D eigenvalue weighted by molar-refractivity contribution is 5.91. The lowest BCUT2D eigenvalue weighted by Crippen LogP contribution is -2.30. The van der Waals surface area contributed by atoms with Crippen molar-refractivity contribution in [1.29, 1.82) is 0 Å². The molecule has 1 amide bonds. The zero-order valence-electron chi connectivity index (χ0n) is 18.2. The summed E-state index contributed by atoms with van der Waals surface area (Å²) in [5, 5.41) is 14.1. The Labute approximate surface area is 190 Å². The highest BCUT2D eigenvalue weighted by Gasteiger charge is 2.31. The lowest BCUT2D eigenvalue weighted by Gasteiger charge is -2.32. The van der Waals surface area contributed by atoms with E-state index >= 15 is 0 Å². The Kier molecular flexibility index (Phi) is 6.82. The number of hydrogen-bond donors (Lipinski definition) is 1. The van der Waals surface area contributed by atoms with Crippen LogP contribution in [0.25, 0.3) is 0 Å². The topological polar surface area (TPSA) is 78.2 Å². The summed E-state index contributed by atoms with van der Waals surface area (Å²) in [5.41, 5.74) is 1.13. The predicted molar refractivity (Wildman–Crippen MR) is 119 cm³/mol. The number of nitrogens with zero attached hydrogens (tertiary/aromatic N) is 2. The van der Waals surface area contributed by atoms with Gasteiger partial charge in [0.2, 0.25) is 5.91 Å². The van der Waals surface area contributed by atoms with Gasteiger partial charge in [0.25, 0.3) is 0 Å². The van der Waals surface area contributed by atoms with Gasteiger partial charge in [-0.25, -0.2) is 13.8 Å². The molecule has 0 saturated heterocycles. The minimum Gasteiger partial charge on any atom is -0.619 e. The molecule has 1 saturated carbocycles. The standard InChI is InChI=1S/C25H25F2N3O3/c1-16(18-3-2-4-19(13-18)17-9-11-30(32)12-10-17)25(31)29-24-8-6-21(15-28-24)33-23-7-5-20(26)14-22(23)27/h5-12,14-16,18-19H,2-4,13H2,1H3,(H,28,29,31)/t16-,18+,19-/m1/s1. The van der Waals surface area contributed by atoms with Gasteiger partial charge in [-0.15, -0.1) is 0 Å². The first-order chi connectivity index (χ1) is 15.9. The maximum Gasteiger partial charge on any atom is 0.228 e. The summed E-state index contributed by atoms with van der Waals surface area (Å²) >= 11 is 0. The van der Waals surface area contributed by atoms with Gasteiger partial charge in [0.1, 0.15) is 17.4 Å². The molecule has 0 bridgehead atoms. The van der Waals surface area contributed by atoms with Gasteiger partial charge in [-0.1, -0.05) is 13.3 Å². The summed E-state index contributed by atoms with van der Waals surface area (Å²) in [6.45, 7) is 1.92. The van der Waals surface area contributed by atoms with Crippen LogP contribution in [0.2, 0.25) is 0 Å². The molecule has 172 valence electrons. The molecule has 33 heavy (non-hydrogen) atoms. The lowest BCUT2D eigenvalue weighted by molar-refractivity contribution is -0.605. The van der Waals surface area contributed by atoms with Crippen molar-refractivity contribution in [2.45, 2.75) is 38.5 Å². The summed E-state index contributed by atoms with van der Waals surface area (Å²) in [5.74, 6) is -0.724. The number of halogens is 2. The van der Waals surface area contributed by atoms with Crippen molar-refractivity contribution in [2.75, 3.05) is 5.32 Å². The molecule has 8 heteroatoms. The Bertz CT molecular complexity index is 1110. The van der Waals surface area contributed by atoms with Gasteiger partial charge in [0.05, 0.1) is 6.20 Å². The number of anilines is 1. The molecule has 0 radical (unpaired) electrons. The summed E-state index contributed by atoms with van der Waals surface area (Å²) < 4.78 is 32.9. The average Bonchev–Trinajstić information content (AvgIpc) is 2.82. The number of aromatic nitrogens is 2. The van der Waals surface area contributed by atoms with Crippen LogP contribution in [0.5, 0.6) is 11.5 Å². The van der Waals surface area contributed by atoms with E-state index in [2.05, 4.69) is 10.3 Å². The highest BCUT2D eigenvalue weighted by atomic mass is 19.1. The monoisotopic (exact) mass is 453 g/mol. The normalized spacial score (nSPS) is 19.0. The van der Waals surface area contributed by atoms with E-state index < -0.39 is 11.6 Å². The van der Waals surface area contributed by atoms with Crippen molar-refractivity contribution in [3.8, 4) is 11.5 Å². The molecule has 0 aliphatic heterocycles. The summed E-state index contributed by atoms with van der Waals surface area (Å²) in [6, 6.07) is 9.90. The maximum atomic E-state index is 13.7. The van der Waals surface area contributed by atoms with Crippen LogP contribution >= 0.6 is 0 Å². The number of pyridine rings is 2. The van der Waals surface area contributed by atoms with E-state index in [4.69, 9.17) is 4.74 Å². The van der Waals surface area contributed by atoms with Crippen molar-refractivity contribution in [2.24, 2.45) is 11.8 Å². The van der Waals surface area contributed by atoms with Crippen LogP contribution < -0.4 is 14.8 Å². The zero-order valence-corrected chi connectivity index (χ0v) is 18.2. The molecule has 3 atom stereocenters. The Hall–Kier alpha value is -3.55. The van der Waals surface area contributed by atoms with Gasteiger partial charge in [-0.2, -0.15) is 4.73 Å². The van der Waals surface area contributed by atoms with E-state index in [-0.39, 0.29) is 29.2 Å². The van der Waals surface area contributed by atoms with Crippen LogP contribution in [0.1, 0.15) is 44.1 Å². The smallest absolute Gasteiger partial charge is 0.228 e. The zero-order chi connectivity index (χ0) is 23.4. The quantitative estimate of drug-likeness (QED) is 0.404. The van der Waals surface area contributed by atoms with Crippen LogP contribution in [0.3, 0.4) is 0 Å². The van der Waals surface area contributed by atoms with Gasteiger partial charge in [0.15, 0.2) is 24.0 Å². The van der Waals surface area contributed by atoms with E-state index in [1.807, 2.05) is 19.1 Å². The molecule has 1 N–H and O–H groups in total. The Balaban J connectivity index is 1.34. The number of benzene rings is 1. The molecule has 0 spiro atoms. The van der Waals surface area contributed by atoms with Crippen LogP contribution in [0, 0.1) is 28.7 Å². The number of ether oxygens (including phenoxy) is 1. The molecule has 4 rings (SSSR count). The molecular weight excluding hydrogens is 428 g/mol. The maximum absolute atomic E-state index is 13.7. The molecule has 1 aromatic carbocycles. The summed E-state index contributed by atoms with van der Waals surface area (Å²) in [6.07, 6.45) is 8.34. The van der Waals surface area contributed by atoms with Crippen LogP contribution in [-0.4, -0.2) is 10.9 Å². The fourth-order valence-corrected chi connectivity index (χ4v) is 4.33. The third-order valence-corrected chi connectivity index (χ3v) is 6.24. The van der Waals surface area contributed by atoms with Crippen molar-refractivity contribution in [3.05, 3.63) is 83.5 Å². The van der Waals surface area contributed by atoms with E-state index in [1.165, 1.54) is 24.7 Å². The third-order valence-electron chi connectivity index (χ3n) is 6.24. The molecule has 2 heterocycles. The highest BCUT2D eigenvalue weighted by Crippen LogP contribution is 2.39. The fourth-order valence-electron chi connectivity index (χ4n) is 4.33. The molecule has 1 aliphatic rings. The largest absolute Gasteiger partial charge is 0.619 e. The van der Waals surface area contributed by atoms with E-state index in [0.29, 0.717) is 11.7 Å². The van der Waals surface area contributed by atoms with Gasteiger partial charge in [-0.3, -0.25) is 4.79 Å². The molecule has 2 aromatic heterocycles. The van der Waals surface area contributed by atoms with Crippen molar-refractivity contribution >= 4 is 11.7 Å². The minimum absolute atomic E-state index is 0.112. The molecular formula is C25H25F2N3O3. The average molecular weight is 453 g/mol. The number of hydrogen-bond acceptors (Lipinski definition) is 4. The SMILES string of the molecule is C[C@@H](C(=O)Nc1ccc(Oc2ccc(F)cc2F)cn1)[C@H]1CCC[C@@H](c2cc[n+]([O-])cc2)C1. The van der Waals surface area contributed by atoms with Crippen LogP contribution in [0.15, 0.2) is 61.1 Å². The Morgan fingerprint density at radius 1 is 1.18 bits per heavy atom. The summed E-state index contributed by atoms with van der Waals surface area (Å²) in [4.78, 5) is 17.0. The Morgan fingerprint density at radius 3 is 2.67 bits per heavy atom. The molecule has 3 aromatic rings. The first-order valence-corrected chi connectivity index (χ1v) is 11.0. The second-order valence-electron chi connectivity index (χ2n) is 8.45. The van der Waals surface area contributed by atoms with Gasteiger partial charge >= 0.3 is 0 Å². The predicted octanol–water partition coefficient (Wildman–Crippen LogP) is 5.33. The van der Waals surface area contributed by atoms with E-state index in [1.54, 1.807) is 12.1 Å². The van der Waals surface area contributed by atoms with Crippen molar-refractivity contribution in [3.63, 3.8) is 0 Å². The molecule has 6 nitrogen and oxygen atoms in total. The van der Waals surface area contributed by atoms with Crippen LogP contribution in [0.4, 0.5) is 14.6 Å². The van der Waals surface area contributed by atoms with E-state index in [9.17, 15) is 18.8 Å².